The SMILES string of the molecule is O=C[C@H](O)[C@@H](O)[C@H](O)[C@H](O)C(=O)Nc1cc(-c2ccncc2)c[nH]c1=O. The molecular formula is C16H17N3O7. The third-order valence-corrected chi connectivity index (χ3v) is 3.61. The van der Waals surface area contributed by atoms with E-state index in [1.54, 1.807) is 24.5 Å². The molecule has 0 aliphatic carbocycles. The fourth-order valence-corrected chi connectivity index (χ4v) is 2.12. The van der Waals surface area contributed by atoms with Crippen LogP contribution in [0.5, 0.6) is 0 Å². The van der Waals surface area contributed by atoms with Gasteiger partial charge in [-0.05, 0) is 23.8 Å². The van der Waals surface area contributed by atoms with Gasteiger partial charge in [0.05, 0.1) is 0 Å². The van der Waals surface area contributed by atoms with Crippen LogP contribution in [0.3, 0.4) is 0 Å². The van der Waals surface area contributed by atoms with Crippen molar-refractivity contribution >= 4 is 17.9 Å². The molecule has 0 aromatic carbocycles. The Balaban J connectivity index is 2.18. The minimum Gasteiger partial charge on any atom is -0.387 e. The number of anilines is 1. The molecule has 0 spiro atoms. The molecule has 10 nitrogen and oxygen atoms in total. The number of amides is 1. The number of nitrogens with zero attached hydrogens (tertiary/aromatic N) is 1. The van der Waals surface area contributed by atoms with Crippen LogP contribution in [0.15, 0.2) is 41.6 Å². The van der Waals surface area contributed by atoms with Crippen LogP contribution in [0.4, 0.5) is 5.69 Å². The predicted molar refractivity (Wildman–Crippen MR) is 89.0 cm³/mol. The Hall–Kier alpha value is -2.92. The summed E-state index contributed by atoms with van der Waals surface area (Å²) in [6.45, 7) is 0. The smallest absolute Gasteiger partial charge is 0.271 e. The van der Waals surface area contributed by atoms with Crippen LogP contribution in [0.1, 0.15) is 0 Å². The maximum Gasteiger partial charge on any atom is 0.271 e. The maximum atomic E-state index is 12.0. The summed E-state index contributed by atoms with van der Waals surface area (Å²) < 4.78 is 0. The lowest BCUT2D eigenvalue weighted by Gasteiger charge is -2.23. The Morgan fingerprint density at radius 3 is 2.38 bits per heavy atom. The summed E-state index contributed by atoms with van der Waals surface area (Å²) in [7, 11) is 0. The highest BCUT2D eigenvalue weighted by atomic mass is 16.4. The fourth-order valence-electron chi connectivity index (χ4n) is 2.12. The van der Waals surface area contributed by atoms with Crippen LogP contribution >= 0.6 is 0 Å². The van der Waals surface area contributed by atoms with Crippen molar-refractivity contribution in [2.45, 2.75) is 24.4 Å². The summed E-state index contributed by atoms with van der Waals surface area (Å²) in [6.07, 6.45) is -3.94. The molecular weight excluding hydrogens is 346 g/mol. The highest BCUT2D eigenvalue weighted by Crippen LogP contribution is 2.19. The van der Waals surface area contributed by atoms with Crippen LogP contribution in [-0.4, -0.2) is 67.0 Å². The number of hydrogen-bond donors (Lipinski definition) is 6. The summed E-state index contributed by atoms with van der Waals surface area (Å²) in [6, 6.07) is 4.70. The topological polar surface area (TPSA) is 173 Å². The molecule has 6 N–H and O–H groups in total. The summed E-state index contributed by atoms with van der Waals surface area (Å²) >= 11 is 0. The number of aldehydes is 1. The van der Waals surface area contributed by atoms with Gasteiger partial charge in [-0.15, -0.1) is 0 Å². The van der Waals surface area contributed by atoms with E-state index in [1.807, 2.05) is 0 Å². The van der Waals surface area contributed by atoms with Crippen molar-refractivity contribution in [3.8, 4) is 11.1 Å². The Morgan fingerprint density at radius 2 is 1.77 bits per heavy atom. The molecule has 0 aliphatic rings. The number of aliphatic hydroxyl groups is 4. The van der Waals surface area contributed by atoms with Gasteiger partial charge in [0, 0.05) is 24.2 Å². The lowest BCUT2D eigenvalue weighted by molar-refractivity contribution is -0.146. The van der Waals surface area contributed by atoms with Gasteiger partial charge >= 0.3 is 0 Å². The van der Waals surface area contributed by atoms with Crippen LogP contribution in [0, 0.1) is 0 Å². The molecule has 0 fully saturated rings. The number of aromatic amines is 1. The minimum atomic E-state index is -2.19. The van der Waals surface area contributed by atoms with Gasteiger partial charge < -0.3 is 35.5 Å². The zero-order chi connectivity index (χ0) is 19.3. The second kappa shape index (κ2) is 8.45. The first kappa shape index (κ1) is 19.4. The molecule has 138 valence electrons. The number of nitrogens with one attached hydrogen (secondary N) is 2. The highest BCUT2D eigenvalue weighted by Gasteiger charge is 2.34. The van der Waals surface area contributed by atoms with Gasteiger partial charge in [-0.25, -0.2) is 0 Å². The summed E-state index contributed by atoms with van der Waals surface area (Å²) in [5.41, 5.74) is 0.387. The molecule has 4 atom stereocenters. The minimum absolute atomic E-state index is 0.0542. The number of hydrogen-bond acceptors (Lipinski definition) is 8. The van der Waals surface area contributed by atoms with Gasteiger partial charge in [0.15, 0.2) is 12.4 Å². The van der Waals surface area contributed by atoms with E-state index in [-0.39, 0.29) is 12.0 Å². The summed E-state index contributed by atoms with van der Waals surface area (Å²) in [5, 5.41) is 40.2. The number of H-pyrrole nitrogens is 1. The van der Waals surface area contributed by atoms with Crippen molar-refractivity contribution in [3.05, 3.63) is 47.1 Å². The Labute approximate surface area is 146 Å². The Bertz CT molecular complexity index is 824. The molecule has 0 radical (unpaired) electrons. The van der Waals surface area contributed by atoms with Gasteiger partial charge in [-0.2, -0.15) is 0 Å². The van der Waals surface area contributed by atoms with Crippen molar-refractivity contribution in [3.63, 3.8) is 0 Å². The predicted octanol–water partition coefficient (Wildman–Crippen LogP) is -1.98. The largest absolute Gasteiger partial charge is 0.387 e. The monoisotopic (exact) mass is 363 g/mol. The molecule has 2 aromatic rings. The van der Waals surface area contributed by atoms with E-state index in [0.29, 0.717) is 11.1 Å². The molecule has 2 aromatic heterocycles. The standard InChI is InChI=1S/C16H17N3O7/c20-7-11(21)12(22)13(23)14(24)16(26)19-10-5-9(6-18-15(10)25)8-1-3-17-4-2-8/h1-7,11-14,21-24H,(H,18,25)(H,19,26)/t11-,12+,13-,14-/m0/s1. The highest BCUT2D eigenvalue weighted by molar-refractivity contribution is 5.94. The number of carbonyl (C=O) groups excluding carboxylic acids is 2. The van der Waals surface area contributed by atoms with E-state index in [9.17, 15) is 29.7 Å². The molecule has 0 saturated carbocycles. The lowest BCUT2D eigenvalue weighted by atomic mass is 10.0. The van der Waals surface area contributed by atoms with E-state index in [4.69, 9.17) is 5.11 Å². The molecule has 0 aliphatic heterocycles. The van der Waals surface area contributed by atoms with E-state index in [2.05, 4.69) is 15.3 Å². The Morgan fingerprint density at radius 1 is 1.12 bits per heavy atom. The summed E-state index contributed by atoms with van der Waals surface area (Å²) in [5.74, 6) is -1.20. The zero-order valence-corrected chi connectivity index (χ0v) is 13.3. The zero-order valence-electron chi connectivity index (χ0n) is 13.3. The van der Waals surface area contributed by atoms with Crippen LogP contribution < -0.4 is 10.9 Å². The fraction of sp³-hybridized carbons (Fsp3) is 0.250. The first-order valence-corrected chi connectivity index (χ1v) is 7.46. The molecule has 1 amide bonds. The van der Waals surface area contributed by atoms with Gasteiger partial charge in [0.25, 0.3) is 11.5 Å². The van der Waals surface area contributed by atoms with Crippen molar-refractivity contribution in [2.75, 3.05) is 5.32 Å². The van der Waals surface area contributed by atoms with Gasteiger partial charge in [-0.3, -0.25) is 14.6 Å². The molecule has 10 heteroatoms. The quantitative estimate of drug-likeness (QED) is 0.307. The van der Waals surface area contributed by atoms with Gasteiger partial charge in [0.2, 0.25) is 0 Å². The number of aromatic nitrogens is 2. The molecule has 2 heterocycles. The third kappa shape index (κ3) is 4.37. The Kier molecular flexibility index (Phi) is 6.31. The first-order chi connectivity index (χ1) is 12.3. The molecule has 2 rings (SSSR count). The number of carbonyl (C=O) groups is 2. The molecule has 0 unspecified atom stereocenters. The van der Waals surface area contributed by atoms with Crippen LogP contribution in [-0.2, 0) is 9.59 Å². The van der Waals surface area contributed by atoms with E-state index in [0.717, 1.165) is 0 Å². The van der Waals surface area contributed by atoms with E-state index < -0.39 is 35.9 Å². The second-order valence-electron chi connectivity index (χ2n) is 5.41. The number of rotatable bonds is 7. The van der Waals surface area contributed by atoms with Crippen molar-refractivity contribution in [1.29, 1.82) is 0 Å². The van der Waals surface area contributed by atoms with Gasteiger partial charge in [-0.1, -0.05) is 0 Å². The first-order valence-electron chi connectivity index (χ1n) is 7.46. The van der Waals surface area contributed by atoms with Crippen molar-refractivity contribution in [1.82, 2.24) is 9.97 Å². The summed E-state index contributed by atoms with van der Waals surface area (Å²) in [4.78, 5) is 40.5. The normalized spacial score (nSPS) is 15.5. The molecule has 26 heavy (non-hydrogen) atoms. The van der Waals surface area contributed by atoms with Crippen molar-refractivity contribution < 1.29 is 30.0 Å². The average Bonchev–Trinajstić information content (AvgIpc) is 2.67. The number of aliphatic hydroxyl groups excluding tert-OH is 4. The van der Waals surface area contributed by atoms with Crippen LogP contribution in [0.25, 0.3) is 11.1 Å². The average molecular weight is 363 g/mol. The molecule has 0 bridgehead atoms. The molecule has 0 saturated heterocycles. The second-order valence-corrected chi connectivity index (χ2v) is 5.41. The van der Waals surface area contributed by atoms with E-state index in [1.165, 1.54) is 12.3 Å². The van der Waals surface area contributed by atoms with Crippen molar-refractivity contribution in [2.24, 2.45) is 0 Å². The third-order valence-electron chi connectivity index (χ3n) is 3.61. The van der Waals surface area contributed by atoms with Crippen LogP contribution in [0.2, 0.25) is 0 Å². The number of pyridine rings is 2. The maximum absolute atomic E-state index is 12.0. The van der Waals surface area contributed by atoms with E-state index >= 15 is 0 Å². The lowest BCUT2D eigenvalue weighted by Crippen LogP contribution is -2.49. The van der Waals surface area contributed by atoms with Gasteiger partial charge in [0.1, 0.15) is 24.0 Å².